The Morgan fingerprint density at radius 1 is 1.17 bits per heavy atom. The molecule has 0 aliphatic heterocycles. The summed E-state index contributed by atoms with van der Waals surface area (Å²) in [7, 11) is 0. The Labute approximate surface area is 110 Å². The molecule has 0 bridgehead atoms. The highest BCUT2D eigenvalue weighted by atomic mass is 16.1. The van der Waals surface area contributed by atoms with Gasteiger partial charge in [-0.25, -0.2) is 0 Å². The number of nitrogens with one attached hydrogen (secondary N) is 2. The van der Waals surface area contributed by atoms with E-state index in [0.717, 1.165) is 24.9 Å². The van der Waals surface area contributed by atoms with Crippen LogP contribution in [0.2, 0.25) is 0 Å². The lowest BCUT2D eigenvalue weighted by Gasteiger charge is -2.16. The van der Waals surface area contributed by atoms with Crippen molar-refractivity contribution in [3.8, 4) is 0 Å². The molecule has 100 valence electrons. The minimum absolute atomic E-state index is 0.0645. The first kappa shape index (κ1) is 14.6. The SMILES string of the molecule is CCc1ccccc1NCC(=O)NC(CC)CC. The number of anilines is 1. The van der Waals surface area contributed by atoms with Gasteiger partial charge in [0.05, 0.1) is 6.54 Å². The van der Waals surface area contributed by atoms with E-state index in [1.807, 2.05) is 18.2 Å². The van der Waals surface area contributed by atoms with Crippen LogP contribution in [0.4, 0.5) is 5.69 Å². The third kappa shape index (κ3) is 4.40. The smallest absolute Gasteiger partial charge is 0.239 e. The lowest BCUT2D eigenvalue weighted by Crippen LogP contribution is -2.37. The maximum absolute atomic E-state index is 11.8. The van der Waals surface area contributed by atoms with Crippen LogP contribution in [0, 0.1) is 0 Å². The van der Waals surface area contributed by atoms with Gasteiger partial charge in [-0.15, -0.1) is 0 Å². The first-order valence-corrected chi connectivity index (χ1v) is 6.82. The highest BCUT2D eigenvalue weighted by Crippen LogP contribution is 2.14. The predicted molar refractivity (Wildman–Crippen MR) is 76.8 cm³/mol. The van der Waals surface area contributed by atoms with Crippen molar-refractivity contribution >= 4 is 11.6 Å². The molecule has 0 atom stereocenters. The van der Waals surface area contributed by atoms with Gasteiger partial charge in [-0.2, -0.15) is 0 Å². The molecule has 1 aromatic rings. The van der Waals surface area contributed by atoms with E-state index in [1.54, 1.807) is 0 Å². The van der Waals surface area contributed by atoms with Crippen LogP contribution in [0.25, 0.3) is 0 Å². The van der Waals surface area contributed by atoms with Crippen molar-refractivity contribution in [1.29, 1.82) is 0 Å². The normalized spacial score (nSPS) is 10.4. The summed E-state index contributed by atoms with van der Waals surface area (Å²) in [5.74, 6) is 0.0645. The van der Waals surface area contributed by atoms with Gasteiger partial charge in [-0.3, -0.25) is 4.79 Å². The third-order valence-electron chi connectivity index (χ3n) is 3.19. The van der Waals surface area contributed by atoms with Crippen LogP contribution < -0.4 is 10.6 Å². The summed E-state index contributed by atoms with van der Waals surface area (Å²) in [6.07, 6.45) is 2.93. The quantitative estimate of drug-likeness (QED) is 0.779. The number of aryl methyl sites for hydroxylation is 1. The van der Waals surface area contributed by atoms with Crippen LogP contribution in [-0.4, -0.2) is 18.5 Å². The summed E-state index contributed by atoms with van der Waals surface area (Å²) < 4.78 is 0. The number of carbonyl (C=O) groups excluding carboxylic acids is 1. The number of hydrogen-bond acceptors (Lipinski definition) is 2. The van der Waals surface area contributed by atoms with Crippen molar-refractivity contribution in [2.75, 3.05) is 11.9 Å². The number of amides is 1. The number of para-hydroxylation sites is 1. The molecule has 1 rings (SSSR count). The van der Waals surface area contributed by atoms with Gasteiger partial charge in [0.2, 0.25) is 5.91 Å². The summed E-state index contributed by atoms with van der Waals surface area (Å²) in [4.78, 5) is 11.8. The van der Waals surface area contributed by atoms with E-state index in [-0.39, 0.29) is 5.91 Å². The molecule has 1 aromatic carbocycles. The van der Waals surface area contributed by atoms with E-state index in [4.69, 9.17) is 0 Å². The maximum Gasteiger partial charge on any atom is 0.239 e. The second-order valence-electron chi connectivity index (χ2n) is 4.45. The molecular weight excluding hydrogens is 224 g/mol. The minimum Gasteiger partial charge on any atom is -0.376 e. The summed E-state index contributed by atoms with van der Waals surface area (Å²) in [6, 6.07) is 8.40. The molecule has 0 spiro atoms. The molecule has 0 aliphatic carbocycles. The van der Waals surface area contributed by atoms with E-state index >= 15 is 0 Å². The Morgan fingerprint density at radius 2 is 1.83 bits per heavy atom. The fourth-order valence-corrected chi connectivity index (χ4v) is 1.95. The number of carbonyl (C=O) groups is 1. The molecule has 2 N–H and O–H groups in total. The van der Waals surface area contributed by atoms with Gasteiger partial charge in [0.1, 0.15) is 0 Å². The summed E-state index contributed by atoms with van der Waals surface area (Å²) in [5, 5.41) is 6.23. The highest BCUT2D eigenvalue weighted by Gasteiger charge is 2.08. The number of benzene rings is 1. The van der Waals surface area contributed by atoms with E-state index < -0.39 is 0 Å². The van der Waals surface area contributed by atoms with E-state index in [9.17, 15) is 4.79 Å². The van der Waals surface area contributed by atoms with Crippen molar-refractivity contribution in [3.05, 3.63) is 29.8 Å². The second kappa shape index (κ2) is 7.75. The van der Waals surface area contributed by atoms with Crippen LogP contribution >= 0.6 is 0 Å². The summed E-state index contributed by atoms with van der Waals surface area (Å²) in [5.41, 5.74) is 2.30. The van der Waals surface area contributed by atoms with E-state index in [0.29, 0.717) is 12.6 Å². The van der Waals surface area contributed by atoms with Crippen molar-refractivity contribution in [1.82, 2.24) is 5.32 Å². The molecular formula is C15H24N2O. The van der Waals surface area contributed by atoms with Crippen LogP contribution in [-0.2, 0) is 11.2 Å². The lowest BCUT2D eigenvalue weighted by molar-refractivity contribution is -0.120. The Bertz CT molecular complexity index is 373. The fourth-order valence-electron chi connectivity index (χ4n) is 1.95. The molecule has 18 heavy (non-hydrogen) atoms. The van der Waals surface area contributed by atoms with Crippen molar-refractivity contribution in [2.24, 2.45) is 0 Å². The fraction of sp³-hybridized carbons (Fsp3) is 0.533. The first-order chi connectivity index (χ1) is 8.71. The zero-order chi connectivity index (χ0) is 13.4. The molecule has 3 nitrogen and oxygen atoms in total. The van der Waals surface area contributed by atoms with Crippen LogP contribution in [0.1, 0.15) is 39.2 Å². The van der Waals surface area contributed by atoms with Gasteiger partial charge in [-0.1, -0.05) is 39.0 Å². The third-order valence-corrected chi connectivity index (χ3v) is 3.19. The topological polar surface area (TPSA) is 41.1 Å². The average Bonchev–Trinajstić information content (AvgIpc) is 2.42. The van der Waals surface area contributed by atoms with Gasteiger partial charge in [0.15, 0.2) is 0 Å². The van der Waals surface area contributed by atoms with Gasteiger partial charge in [0.25, 0.3) is 0 Å². The molecule has 0 radical (unpaired) electrons. The molecule has 0 aliphatic rings. The van der Waals surface area contributed by atoms with E-state index in [1.165, 1.54) is 5.56 Å². The second-order valence-corrected chi connectivity index (χ2v) is 4.45. The molecule has 0 fully saturated rings. The zero-order valence-corrected chi connectivity index (χ0v) is 11.6. The largest absolute Gasteiger partial charge is 0.376 e. The van der Waals surface area contributed by atoms with Gasteiger partial charge >= 0.3 is 0 Å². The Kier molecular flexibility index (Phi) is 6.26. The number of hydrogen-bond donors (Lipinski definition) is 2. The van der Waals surface area contributed by atoms with Gasteiger partial charge < -0.3 is 10.6 Å². The zero-order valence-electron chi connectivity index (χ0n) is 11.6. The van der Waals surface area contributed by atoms with Crippen LogP contribution in [0.15, 0.2) is 24.3 Å². The Morgan fingerprint density at radius 3 is 2.44 bits per heavy atom. The molecule has 0 unspecified atom stereocenters. The summed E-state index contributed by atoms with van der Waals surface area (Å²) in [6.45, 7) is 6.64. The summed E-state index contributed by atoms with van der Waals surface area (Å²) >= 11 is 0. The Balaban J connectivity index is 2.47. The maximum atomic E-state index is 11.8. The van der Waals surface area contributed by atoms with E-state index in [2.05, 4.69) is 37.5 Å². The van der Waals surface area contributed by atoms with Crippen LogP contribution in [0.3, 0.4) is 0 Å². The molecule has 0 aromatic heterocycles. The monoisotopic (exact) mass is 248 g/mol. The minimum atomic E-state index is 0.0645. The van der Waals surface area contributed by atoms with Crippen molar-refractivity contribution in [3.63, 3.8) is 0 Å². The number of rotatable bonds is 7. The van der Waals surface area contributed by atoms with Crippen molar-refractivity contribution < 1.29 is 4.79 Å². The molecule has 0 heterocycles. The first-order valence-electron chi connectivity index (χ1n) is 6.82. The Hall–Kier alpha value is -1.51. The average molecular weight is 248 g/mol. The highest BCUT2D eigenvalue weighted by molar-refractivity contribution is 5.81. The lowest BCUT2D eigenvalue weighted by atomic mass is 10.1. The predicted octanol–water partition coefficient (Wildman–Crippen LogP) is 2.97. The molecule has 1 amide bonds. The standard InChI is InChI=1S/C15H24N2O/c1-4-12-9-7-8-10-14(12)16-11-15(18)17-13(5-2)6-3/h7-10,13,16H,4-6,11H2,1-3H3,(H,17,18). The molecule has 3 heteroatoms. The molecule has 0 saturated carbocycles. The van der Waals surface area contributed by atoms with Gasteiger partial charge in [0, 0.05) is 11.7 Å². The van der Waals surface area contributed by atoms with Crippen LogP contribution in [0.5, 0.6) is 0 Å². The molecule has 0 saturated heterocycles. The van der Waals surface area contributed by atoms with Crippen molar-refractivity contribution in [2.45, 2.75) is 46.1 Å². The van der Waals surface area contributed by atoms with Gasteiger partial charge in [-0.05, 0) is 30.9 Å².